The first kappa shape index (κ1) is 14.1. The molecule has 3 heterocycles. The van der Waals surface area contributed by atoms with Crippen LogP contribution in [0.5, 0.6) is 5.88 Å². The summed E-state index contributed by atoms with van der Waals surface area (Å²) in [7, 11) is 1.60. The van der Waals surface area contributed by atoms with Gasteiger partial charge in [0, 0.05) is 12.5 Å². The van der Waals surface area contributed by atoms with E-state index in [0.29, 0.717) is 17.0 Å². The molecule has 0 N–H and O–H groups in total. The first-order valence-electron chi connectivity index (χ1n) is 6.89. The lowest BCUT2D eigenvalue weighted by atomic mass is 10.1. The standard InChI is InChI=1S/C15H17ClN4O/c1-8(2)7-11-17-9(3)13-14(16)18-10-5-6-12(21-4)19-15(10)20(11)13/h5-6,8H,7H2,1-4H3. The number of methoxy groups -OCH3 is 1. The van der Waals surface area contributed by atoms with Gasteiger partial charge < -0.3 is 4.74 Å². The Kier molecular flexibility index (Phi) is 3.45. The summed E-state index contributed by atoms with van der Waals surface area (Å²) >= 11 is 6.33. The van der Waals surface area contributed by atoms with Crippen LogP contribution in [0.2, 0.25) is 5.15 Å². The van der Waals surface area contributed by atoms with Crippen LogP contribution in [0.4, 0.5) is 0 Å². The number of ether oxygens (including phenoxy) is 1. The van der Waals surface area contributed by atoms with Gasteiger partial charge >= 0.3 is 0 Å². The van der Waals surface area contributed by atoms with Gasteiger partial charge in [-0.1, -0.05) is 25.4 Å². The molecule has 0 spiro atoms. The van der Waals surface area contributed by atoms with Crippen LogP contribution in [0.15, 0.2) is 12.1 Å². The lowest BCUT2D eigenvalue weighted by Crippen LogP contribution is -2.04. The van der Waals surface area contributed by atoms with Crippen molar-refractivity contribution in [2.24, 2.45) is 5.92 Å². The molecule has 0 aromatic carbocycles. The molecule has 0 aliphatic rings. The van der Waals surface area contributed by atoms with E-state index >= 15 is 0 Å². The fraction of sp³-hybridized carbons (Fsp3) is 0.400. The molecule has 110 valence electrons. The van der Waals surface area contributed by atoms with Crippen molar-refractivity contribution < 1.29 is 4.74 Å². The second kappa shape index (κ2) is 5.15. The third-order valence-electron chi connectivity index (χ3n) is 3.38. The van der Waals surface area contributed by atoms with Gasteiger partial charge in [-0.25, -0.2) is 9.97 Å². The Hall–Kier alpha value is -1.88. The van der Waals surface area contributed by atoms with Crippen LogP contribution in [0.25, 0.3) is 16.7 Å². The van der Waals surface area contributed by atoms with E-state index in [1.807, 2.05) is 17.4 Å². The van der Waals surface area contributed by atoms with Gasteiger partial charge in [0.1, 0.15) is 16.9 Å². The number of hydrogen-bond donors (Lipinski definition) is 0. The molecule has 3 aromatic rings. The summed E-state index contributed by atoms with van der Waals surface area (Å²) < 4.78 is 7.23. The minimum Gasteiger partial charge on any atom is -0.481 e. The predicted octanol–water partition coefficient (Wildman–Crippen LogP) is 3.45. The van der Waals surface area contributed by atoms with Crippen molar-refractivity contribution in [3.05, 3.63) is 28.8 Å². The summed E-state index contributed by atoms with van der Waals surface area (Å²) in [5, 5.41) is 0.453. The van der Waals surface area contributed by atoms with Crippen LogP contribution >= 0.6 is 11.6 Å². The quantitative estimate of drug-likeness (QED) is 0.743. The van der Waals surface area contributed by atoms with E-state index in [1.165, 1.54) is 0 Å². The van der Waals surface area contributed by atoms with Crippen molar-refractivity contribution in [1.29, 1.82) is 0 Å². The smallest absolute Gasteiger partial charge is 0.215 e. The molecule has 21 heavy (non-hydrogen) atoms. The average molecular weight is 305 g/mol. The molecule has 0 aliphatic heterocycles. The molecule has 0 saturated heterocycles. The molecular weight excluding hydrogens is 288 g/mol. The van der Waals surface area contributed by atoms with E-state index in [4.69, 9.17) is 16.3 Å². The summed E-state index contributed by atoms with van der Waals surface area (Å²) in [5.41, 5.74) is 3.15. The van der Waals surface area contributed by atoms with Gasteiger partial charge in [0.15, 0.2) is 10.8 Å². The Morgan fingerprint density at radius 1 is 1.24 bits per heavy atom. The summed E-state index contributed by atoms with van der Waals surface area (Å²) in [4.78, 5) is 13.6. The number of aromatic nitrogens is 4. The summed E-state index contributed by atoms with van der Waals surface area (Å²) in [5.74, 6) is 1.99. The van der Waals surface area contributed by atoms with Gasteiger partial charge in [-0.05, 0) is 18.9 Å². The topological polar surface area (TPSA) is 52.3 Å². The summed E-state index contributed by atoms with van der Waals surface area (Å²) in [6.45, 7) is 6.27. The van der Waals surface area contributed by atoms with Crippen LogP contribution in [0.1, 0.15) is 25.4 Å². The number of halogens is 1. The van der Waals surface area contributed by atoms with Gasteiger partial charge in [-0.2, -0.15) is 4.98 Å². The van der Waals surface area contributed by atoms with Crippen molar-refractivity contribution in [1.82, 2.24) is 19.4 Å². The Morgan fingerprint density at radius 3 is 2.67 bits per heavy atom. The first-order valence-corrected chi connectivity index (χ1v) is 7.27. The number of fused-ring (bicyclic) bond motifs is 3. The molecular formula is C15H17ClN4O. The van der Waals surface area contributed by atoms with E-state index < -0.39 is 0 Å². The molecule has 0 fully saturated rings. The minimum absolute atomic E-state index is 0.453. The highest BCUT2D eigenvalue weighted by atomic mass is 35.5. The molecule has 0 unspecified atom stereocenters. The Bertz CT molecular complexity index is 826. The van der Waals surface area contributed by atoms with Gasteiger partial charge in [0.2, 0.25) is 5.88 Å². The largest absolute Gasteiger partial charge is 0.481 e. The lowest BCUT2D eigenvalue weighted by molar-refractivity contribution is 0.399. The maximum absolute atomic E-state index is 6.33. The number of pyridine rings is 1. The van der Waals surface area contributed by atoms with E-state index in [1.54, 1.807) is 13.2 Å². The second-order valence-corrected chi connectivity index (χ2v) is 5.85. The first-order chi connectivity index (χ1) is 10.0. The molecule has 0 saturated carbocycles. The molecule has 3 aromatic heterocycles. The molecule has 0 aliphatic carbocycles. The van der Waals surface area contributed by atoms with Crippen molar-refractivity contribution in [2.45, 2.75) is 27.2 Å². The number of aryl methyl sites for hydroxylation is 1. The molecule has 0 bridgehead atoms. The van der Waals surface area contributed by atoms with E-state index in [9.17, 15) is 0 Å². The van der Waals surface area contributed by atoms with Crippen molar-refractivity contribution in [3.63, 3.8) is 0 Å². The molecule has 5 nitrogen and oxygen atoms in total. The summed E-state index contributed by atoms with van der Waals surface area (Å²) in [6.07, 6.45) is 0.851. The average Bonchev–Trinajstić information content (AvgIpc) is 2.75. The third-order valence-corrected chi connectivity index (χ3v) is 3.64. The molecule has 3 rings (SSSR count). The van der Waals surface area contributed by atoms with Crippen molar-refractivity contribution >= 4 is 28.3 Å². The van der Waals surface area contributed by atoms with E-state index in [2.05, 4.69) is 28.8 Å². The van der Waals surface area contributed by atoms with Gasteiger partial charge in [0.25, 0.3) is 0 Å². The zero-order valence-corrected chi connectivity index (χ0v) is 13.3. The minimum atomic E-state index is 0.453. The van der Waals surface area contributed by atoms with Crippen molar-refractivity contribution in [3.8, 4) is 5.88 Å². The van der Waals surface area contributed by atoms with Gasteiger partial charge in [-0.15, -0.1) is 0 Å². The van der Waals surface area contributed by atoms with Gasteiger partial charge in [-0.3, -0.25) is 4.40 Å². The fourth-order valence-electron chi connectivity index (χ4n) is 2.51. The fourth-order valence-corrected chi connectivity index (χ4v) is 2.82. The highest BCUT2D eigenvalue weighted by molar-refractivity contribution is 6.33. The van der Waals surface area contributed by atoms with Crippen LogP contribution in [-0.2, 0) is 6.42 Å². The SMILES string of the molecule is COc1ccc2nc(Cl)c3c(C)nc(CC(C)C)n3c2n1. The van der Waals surface area contributed by atoms with Crippen LogP contribution < -0.4 is 4.74 Å². The normalized spacial score (nSPS) is 11.7. The zero-order valence-electron chi connectivity index (χ0n) is 12.5. The van der Waals surface area contributed by atoms with E-state index in [0.717, 1.165) is 34.6 Å². The number of hydrogen-bond acceptors (Lipinski definition) is 4. The number of rotatable bonds is 3. The number of imidazole rings is 1. The third kappa shape index (κ3) is 2.31. The van der Waals surface area contributed by atoms with Crippen LogP contribution in [-0.4, -0.2) is 26.5 Å². The molecule has 0 radical (unpaired) electrons. The number of nitrogens with zero attached hydrogens (tertiary/aromatic N) is 4. The maximum Gasteiger partial charge on any atom is 0.215 e. The molecule has 0 atom stereocenters. The second-order valence-electron chi connectivity index (χ2n) is 5.49. The highest BCUT2D eigenvalue weighted by Gasteiger charge is 2.17. The highest BCUT2D eigenvalue weighted by Crippen LogP contribution is 2.27. The lowest BCUT2D eigenvalue weighted by Gasteiger charge is -2.09. The molecule has 0 amide bonds. The predicted molar refractivity (Wildman–Crippen MR) is 83.1 cm³/mol. The zero-order chi connectivity index (χ0) is 15.1. The maximum atomic E-state index is 6.33. The van der Waals surface area contributed by atoms with Crippen LogP contribution in [0, 0.1) is 12.8 Å². The van der Waals surface area contributed by atoms with Crippen molar-refractivity contribution in [2.75, 3.05) is 7.11 Å². The van der Waals surface area contributed by atoms with E-state index in [-0.39, 0.29) is 0 Å². The Morgan fingerprint density at radius 2 is 2.00 bits per heavy atom. The Balaban J connectivity index is 2.43. The Labute approximate surface area is 127 Å². The van der Waals surface area contributed by atoms with Gasteiger partial charge in [0.05, 0.1) is 12.8 Å². The van der Waals surface area contributed by atoms with Crippen LogP contribution in [0.3, 0.4) is 0 Å². The monoisotopic (exact) mass is 304 g/mol. The molecule has 6 heteroatoms. The summed E-state index contributed by atoms with van der Waals surface area (Å²) in [6, 6.07) is 3.64.